The van der Waals surface area contributed by atoms with Crippen LogP contribution < -0.4 is 0 Å². The summed E-state index contributed by atoms with van der Waals surface area (Å²) in [5.74, 6) is -2.45. The molecule has 0 aliphatic heterocycles. The maximum atomic E-state index is 13.3. The Labute approximate surface area is 119 Å². The number of halogens is 2. The van der Waals surface area contributed by atoms with E-state index in [0.29, 0.717) is 5.69 Å². The van der Waals surface area contributed by atoms with E-state index < -0.39 is 17.4 Å². The Bertz CT molecular complexity index is 797. The lowest BCUT2D eigenvalue weighted by Crippen LogP contribution is -2.10. The van der Waals surface area contributed by atoms with Crippen molar-refractivity contribution in [2.24, 2.45) is 0 Å². The summed E-state index contributed by atoms with van der Waals surface area (Å²) >= 11 is 0. The summed E-state index contributed by atoms with van der Waals surface area (Å²) in [5, 5.41) is 4.10. The number of para-hydroxylation sites is 1. The first kappa shape index (κ1) is 13.2. The average Bonchev–Trinajstić information content (AvgIpc) is 2.99. The van der Waals surface area contributed by atoms with Crippen LogP contribution in [0.15, 0.2) is 60.8 Å². The molecule has 21 heavy (non-hydrogen) atoms. The van der Waals surface area contributed by atoms with Gasteiger partial charge >= 0.3 is 0 Å². The van der Waals surface area contributed by atoms with E-state index in [2.05, 4.69) is 5.10 Å². The lowest BCUT2D eigenvalue weighted by molar-refractivity contribution is 0.103. The van der Waals surface area contributed by atoms with Crippen molar-refractivity contribution < 1.29 is 13.6 Å². The molecule has 3 aromatic rings. The van der Waals surface area contributed by atoms with Gasteiger partial charge < -0.3 is 0 Å². The maximum absolute atomic E-state index is 13.3. The first-order chi connectivity index (χ1) is 10.2. The highest BCUT2D eigenvalue weighted by atomic mass is 19.2. The molecule has 0 radical (unpaired) electrons. The molecule has 0 spiro atoms. The Hall–Kier alpha value is -2.82. The Morgan fingerprint density at radius 3 is 2.43 bits per heavy atom. The van der Waals surface area contributed by atoms with Gasteiger partial charge in [-0.05, 0) is 36.4 Å². The normalized spacial score (nSPS) is 10.6. The monoisotopic (exact) mass is 284 g/mol. The molecule has 1 aromatic heterocycles. The molecule has 1 heterocycles. The second kappa shape index (κ2) is 5.28. The minimum absolute atomic E-state index is 0.0755. The third-order valence-electron chi connectivity index (χ3n) is 3.06. The third kappa shape index (κ3) is 2.45. The van der Waals surface area contributed by atoms with E-state index >= 15 is 0 Å². The number of benzene rings is 2. The van der Waals surface area contributed by atoms with Gasteiger partial charge in [0, 0.05) is 5.56 Å². The van der Waals surface area contributed by atoms with Crippen LogP contribution in [0, 0.1) is 11.6 Å². The van der Waals surface area contributed by atoms with Gasteiger partial charge in [0.15, 0.2) is 11.6 Å². The largest absolute Gasteiger partial charge is 0.287 e. The number of hydrogen-bond acceptors (Lipinski definition) is 2. The molecule has 0 bridgehead atoms. The number of nitrogens with zero attached hydrogens (tertiary/aromatic N) is 2. The molecule has 0 amide bonds. The standard InChI is InChI=1S/C16H10F2N2O/c17-13-7-6-11(10-14(13)18)16(21)15-8-9-19-20(15)12-4-2-1-3-5-12/h1-10H. The second-order valence-electron chi connectivity index (χ2n) is 4.42. The van der Waals surface area contributed by atoms with E-state index in [4.69, 9.17) is 0 Å². The highest BCUT2D eigenvalue weighted by Crippen LogP contribution is 2.16. The Morgan fingerprint density at radius 1 is 0.952 bits per heavy atom. The topological polar surface area (TPSA) is 34.9 Å². The average molecular weight is 284 g/mol. The molecular weight excluding hydrogens is 274 g/mol. The molecule has 0 N–H and O–H groups in total. The molecule has 0 saturated carbocycles. The van der Waals surface area contributed by atoms with Crippen molar-refractivity contribution in [3.63, 3.8) is 0 Å². The van der Waals surface area contributed by atoms with Crippen molar-refractivity contribution in [2.45, 2.75) is 0 Å². The Balaban J connectivity index is 2.03. The summed E-state index contributed by atoms with van der Waals surface area (Å²) in [6, 6.07) is 13.7. The number of carbonyl (C=O) groups is 1. The fraction of sp³-hybridized carbons (Fsp3) is 0. The maximum Gasteiger partial charge on any atom is 0.211 e. The van der Waals surface area contributed by atoms with Gasteiger partial charge in [-0.2, -0.15) is 5.10 Å². The van der Waals surface area contributed by atoms with Gasteiger partial charge in [-0.3, -0.25) is 4.79 Å². The molecule has 5 heteroatoms. The summed E-state index contributed by atoms with van der Waals surface area (Å²) < 4.78 is 27.7. The van der Waals surface area contributed by atoms with Crippen LogP contribution in [0.2, 0.25) is 0 Å². The van der Waals surface area contributed by atoms with E-state index in [9.17, 15) is 13.6 Å². The lowest BCUT2D eigenvalue weighted by atomic mass is 10.1. The fourth-order valence-corrected chi connectivity index (χ4v) is 2.04. The minimum Gasteiger partial charge on any atom is -0.287 e. The zero-order valence-corrected chi connectivity index (χ0v) is 10.8. The zero-order chi connectivity index (χ0) is 14.8. The zero-order valence-electron chi connectivity index (χ0n) is 10.8. The van der Waals surface area contributed by atoms with Crippen molar-refractivity contribution in [1.82, 2.24) is 9.78 Å². The predicted octanol–water partition coefficient (Wildman–Crippen LogP) is 3.38. The van der Waals surface area contributed by atoms with Crippen molar-refractivity contribution >= 4 is 5.78 Å². The molecule has 2 aromatic carbocycles. The van der Waals surface area contributed by atoms with Gasteiger partial charge in [0.1, 0.15) is 5.69 Å². The number of aromatic nitrogens is 2. The molecule has 104 valence electrons. The van der Waals surface area contributed by atoms with Crippen molar-refractivity contribution in [1.29, 1.82) is 0 Å². The Morgan fingerprint density at radius 2 is 1.71 bits per heavy atom. The van der Waals surface area contributed by atoms with Crippen LogP contribution >= 0.6 is 0 Å². The number of rotatable bonds is 3. The number of hydrogen-bond donors (Lipinski definition) is 0. The summed E-state index contributed by atoms with van der Waals surface area (Å²) in [6.45, 7) is 0. The highest BCUT2D eigenvalue weighted by Gasteiger charge is 2.17. The van der Waals surface area contributed by atoms with E-state index in [1.165, 1.54) is 23.0 Å². The first-order valence-corrected chi connectivity index (χ1v) is 6.26. The van der Waals surface area contributed by atoms with E-state index in [1.54, 1.807) is 12.1 Å². The second-order valence-corrected chi connectivity index (χ2v) is 4.42. The van der Waals surface area contributed by atoms with Gasteiger partial charge in [0.2, 0.25) is 5.78 Å². The fourth-order valence-electron chi connectivity index (χ4n) is 2.04. The minimum atomic E-state index is -1.05. The van der Waals surface area contributed by atoms with Crippen molar-refractivity contribution in [3.8, 4) is 5.69 Å². The van der Waals surface area contributed by atoms with Gasteiger partial charge in [-0.1, -0.05) is 18.2 Å². The molecule has 3 nitrogen and oxygen atoms in total. The smallest absolute Gasteiger partial charge is 0.211 e. The number of carbonyl (C=O) groups excluding carboxylic acids is 1. The van der Waals surface area contributed by atoms with Crippen LogP contribution in [0.3, 0.4) is 0 Å². The van der Waals surface area contributed by atoms with Crippen molar-refractivity contribution in [2.75, 3.05) is 0 Å². The summed E-state index contributed by atoms with van der Waals surface area (Å²) in [6.07, 6.45) is 1.49. The van der Waals surface area contributed by atoms with Crippen LogP contribution in [-0.2, 0) is 0 Å². The lowest BCUT2D eigenvalue weighted by Gasteiger charge is -2.07. The summed E-state index contributed by atoms with van der Waals surface area (Å²) in [5.41, 5.74) is 1.08. The van der Waals surface area contributed by atoms with Gasteiger partial charge in [-0.25, -0.2) is 13.5 Å². The van der Waals surface area contributed by atoms with E-state index in [-0.39, 0.29) is 11.3 Å². The molecular formula is C16H10F2N2O. The first-order valence-electron chi connectivity index (χ1n) is 6.26. The van der Waals surface area contributed by atoms with Crippen LogP contribution in [0.5, 0.6) is 0 Å². The molecule has 0 fully saturated rings. The van der Waals surface area contributed by atoms with E-state index in [1.807, 2.05) is 18.2 Å². The molecule has 0 aliphatic carbocycles. The van der Waals surface area contributed by atoms with Crippen LogP contribution in [0.25, 0.3) is 5.69 Å². The van der Waals surface area contributed by atoms with Crippen LogP contribution in [-0.4, -0.2) is 15.6 Å². The SMILES string of the molecule is O=C(c1ccc(F)c(F)c1)c1ccnn1-c1ccccc1. The molecule has 0 atom stereocenters. The van der Waals surface area contributed by atoms with Gasteiger partial charge in [0.25, 0.3) is 0 Å². The molecule has 3 rings (SSSR count). The molecule has 0 unspecified atom stereocenters. The van der Waals surface area contributed by atoms with Gasteiger partial charge in [-0.15, -0.1) is 0 Å². The van der Waals surface area contributed by atoms with E-state index in [0.717, 1.165) is 12.1 Å². The number of ketones is 1. The Kier molecular flexibility index (Phi) is 3.31. The molecule has 0 saturated heterocycles. The summed E-state index contributed by atoms with van der Waals surface area (Å²) in [4.78, 5) is 12.4. The highest BCUT2D eigenvalue weighted by molar-refractivity contribution is 6.08. The third-order valence-corrected chi connectivity index (χ3v) is 3.06. The quantitative estimate of drug-likeness (QED) is 0.691. The molecule has 0 aliphatic rings. The van der Waals surface area contributed by atoms with Crippen LogP contribution in [0.1, 0.15) is 16.1 Å². The van der Waals surface area contributed by atoms with Crippen LogP contribution in [0.4, 0.5) is 8.78 Å². The van der Waals surface area contributed by atoms with Gasteiger partial charge in [0.05, 0.1) is 11.9 Å². The summed E-state index contributed by atoms with van der Waals surface area (Å²) in [7, 11) is 0. The predicted molar refractivity (Wildman–Crippen MR) is 73.4 cm³/mol. The van der Waals surface area contributed by atoms with Crippen molar-refractivity contribution in [3.05, 3.63) is 83.7 Å².